The Kier molecular flexibility index (Phi) is 8.99. The fraction of sp³-hybridized carbons (Fsp3) is 0.621. The summed E-state index contributed by atoms with van der Waals surface area (Å²) in [4.78, 5) is 29.5. The quantitative estimate of drug-likeness (QED) is 0.501. The Labute approximate surface area is 243 Å². The highest BCUT2D eigenvalue weighted by molar-refractivity contribution is 7.88. The molecule has 0 bridgehead atoms. The molecule has 40 heavy (non-hydrogen) atoms. The summed E-state index contributed by atoms with van der Waals surface area (Å²) in [6.07, 6.45) is 9.57. The van der Waals surface area contributed by atoms with Gasteiger partial charge in [-0.05, 0) is 82.7 Å². The maximum atomic E-state index is 13.7. The molecule has 11 heteroatoms. The summed E-state index contributed by atoms with van der Waals surface area (Å²) in [7, 11) is -1.49. The third-order valence-electron chi connectivity index (χ3n) is 9.07. The van der Waals surface area contributed by atoms with E-state index in [1.165, 1.54) is 22.5 Å². The highest BCUT2D eigenvalue weighted by Gasteiger charge is 2.34. The molecule has 0 saturated carbocycles. The lowest BCUT2D eigenvalue weighted by Crippen LogP contribution is -2.52. The van der Waals surface area contributed by atoms with E-state index in [0.717, 1.165) is 81.0 Å². The molecule has 1 atom stereocenters. The first-order valence-corrected chi connectivity index (χ1v) is 16.7. The molecule has 1 aromatic carbocycles. The Hall–Kier alpha value is -2.27. The van der Waals surface area contributed by atoms with Gasteiger partial charge in [0.1, 0.15) is 17.8 Å². The van der Waals surface area contributed by atoms with E-state index in [0.29, 0.717) is 24.8 Å². The second-order valence-corrected chi connectivity index (χ2v) is 14.0. The molecule has 3 aliphatic heterocycles. The van der Waals surface area contributed by atoms with Crippen molar-refractivity contribution in [1.82, 2.24) is 24.1 Å². The van der Waals surface area contributed by atoms with Gasteiger partial charge in [0.15, 0.2) is 0 Å². The summed E-state index contributed by atoms with van der Waals surface area (Å²) < 4.78 is 25.4. The molecule has 3 saturated heterocycles. The van der Waals surface area contributed by atoms with E-state index >= 15 is 0 Å². The molecule has 2 aromatic rings. The van der Waals surface area contributed by atoms with Crippen molar-refractivity contribution in [3.05, 3.63) is 52.4 Å². The van der Waals surface area contributed by atoms with E-state index in [1.54, 1.807) is 7.05 Å². The minimum atomic E-state index is -3.17. The molecule has 1 unspecified atom stereocenters. The number of sulfonamides is 1. The molecule has 0 radical (unpaired) electrons. The molecular weight excluding hydrogens is 548 g/mol. The fourth-order valence-corrected chi connectivity index (χ4v) is 7.61. The van der Waals surface area contributed by atoms with Crippen molar-refractivity contribution in [3.8, 4) is 0 Å². The van der Waals surface area contributed by atoms with E-state index in [-0.39, 0.29) is 18.0 Å². The van der Waals surface area contributed by atoms with Crippen molar-refractivity contribution in [2.24, 2.45) is 0 Å². The number of halogens is 1. The summed E-state index contributed by atoms with van der Waals surface area (Å²) >= 11 is 6.32. The van der Waals surface area contributed by atoms with Crippen LogP contribution in [0.15, 0.2) is 30.6 Å². The lowest BCUT2D eigenvalue weighted by Gasteiger charge is -2.43. The number of amides is 1. The van der Waals surface area contributed by atoms with Crippen LogP contribution in [-0.2, 0) is 10.0 Å². The maximum Gasteiger partial charge on any atom is 0.272 e. The number of rotatable bonds is 6. The van der Waals surface area contributed by atoms with Gasteiger partial charge in [0.05, 0.1) is 12.3 Å². The lowest BCUT2D eigenvalue weighted by molar-refractivity contribution is 0.0542. The predicted octanol–water partition coefficient (Wildman–Crippen LogP) is 4.13. The summed E-state index contributed by atoms with van der Waals surface area (Å²) in [5.74, 6) is 0.809. The van der Waals surface area contributed by atoms with E-state index in [2.05, 4.69) is 25.8 Å². The van der Waals surface area contributed by atoms with Gasteiger partial charge >= 0.3 is 0 Å². The zero-order valence-corrected chi connectivity index (χ0v) is 25.4. The molecule has 218 valence electrons. The zero-order chi connectivity index (χ0) is 28.4. The molecule has 0 spiro atoms. The Morgan fingerprint density at radius 1 is 1.00 bits per heavy atom. The van der Waals surface area contributed by atoms with Gasteiger partial charge in [0.25, 0.3) is 5.91 Å². The van der Waals surface area contributed by atoms with Crippen LogP contribution in [-0.4, -0.2) is 96.5 Å². The molecule has 1 aromatic heterocycles. The van der Waals surface area contributed by atoms with Crippen LogP contribution in [0.1, 0.15) is 72.6 Å². The third kappa shape index (κ3) is 6.30. The second kappa shape index (κ2) is 12.3. The predicted molar refractivity (Wildman–Crippen MR) is 158 cm³/mol. The van der Waals surface area contributed by atoms with Crippen LogP contribution in [0.4, 0.5) is 5.82 Å². The van der Waals surface area contributed by atoms with Gasteiger partial charge in [-0.3, -0.25) is 4.79 Å². The third-order valence-corrected chi connectivity index (χ3v) is 10.7. The van der Waals surface area contributed by atoms with E-state index in [4.69, 9.17) is 11.6 Å². The van der Waals surface area contributed by atoms with Crippen molar-refractivity contribution >= 4 is 33.3 Å². The Balaban J connectivity index is 1.23. The van der Waals surface area contributed by atoms with Gasteiger partial charge in [-0.1, -0.05) is 23.7 Å². The lowest BCUT2D eigenvalue weighted by atomic mass is 9.94. The highest BCUT2D eigenvalue weighted by atomic mass is 35.5. The van der Waals surface area contributed by atoms with Crippen LogP contribution < -0.4 is 4.90 Å². The number of hydrogen-bond donors (Lipinski definition) is 0. The van der Waals surface area contributed by atoms with Gasteiger partial charge in [-0.15, -0.1) is 0 Å². The Morgan fingerprint density at radius 2 is 1.73 bits per heavy atom. The van der Waals surface area contributed by atoms with Crippen LogP contribution in [0.5, 0.6) is 0 Å². The molecule has 3 aliphatic rings. The topological polar surface area (TPSA) is 90.0 Å². The maximum absolute atomic E-state index is 13.7. The Morgan fingerprint density at radius 3 is 2.40 bits per heavy atom. The van der Waals surface area contributed by atoms with Gasteiger partial charge < -0.3 is 14.7 Å². The summed E-state index contributed by atoms with van der Waals surface area (Å²) in [5.41, 5.74) is 2.50. The van der Waals surface area contributed by atoms with Crippen molar-refractivity contribution in [2.45, 2.75) is 70.0 Å². The number of benzene rings is 1. The van der Waals surface area contributed by atoms with E-state index < -0.39 is 10.0 Å². The van der Waals surface area contributed by atoms with Crippen molar-refractivity contribution in [2.75, 3.05) is 50.9 Å². The first kappa shape index (κ1) is 29.2. The van der Waals surface area contributed by atoms with E-state index in [1.807, 2.05) is 30.0 Å². The number of aromatic nitrogens is 2. The molecule has 4 heterocycles. The van der Waals surface area contributed by atoms with Gasteiger partial charge in [-0.2, -0.15) is 0 Å². The average molecular weight is 589 g/mol. The fourth-order valence-electron chi connectivity index (χ4n) is 6.66. The zero-order valence-electron chi connectivity index (χ0n) is 23.8. The molecule has 0 aliphatic carbocycles. The summed E-state index contributed by atoms with van der Waals surface area (Å²) in [6.45, 7) is 6.02. The number of carbonyl (C=O) groups is 1. The average Bonchev–Trinajstić information content (AvgIpc) is 2.96. The van der Waals surface area contributed by atoms with Gasteiger partial charge in [-0.25, -0.2) is 22.7 Å². The van der Waals surface area contributed by atoms with E-state index in [9.17, 15) is 13.2 Å². The number of carbonyl (C=O) groups excluding carboxylic acids is 1. The van der Waals surface area contributed by atoms with Gasteiger partial charge in [0, 0.05) is 49.4 Å². The molecule has 9 nitrogen and oxygen atoms in total. The van der Waals surface area contributed by atoms with Crippen molar-refractivity contribution < 1.29 is 13.2 Å². The second-order valence-electron chi connectivity index (χ2n) is 11.5. The number of likely N-dealkylation sites (tertiary alicyclic amines) is 2. The van der Waals surface area contributed by atoms with Crippen LogP contribution in [0.3, 0.4) is 0 Å². The minimum Gasteiger partial charge on any atom is -0.349 e. The number of piperidine rings is 3. The first-order chi connectivity index (χ1) is 19.1. The summed E-state index contributed by atoms with van der Waals surface area (Å²) in [5, 5.41) is 0.729. The number of nitrogens with zero attached hydrogens (tertiary/aromatic N) is 6. The monoisotopic (exact) mass is 588 g/mol. The van der Waals surface area contributed by atoms with Crippen molar-refractivity contribution in [1.29, 1.82) is 0 Å². The smallest absolute Gasteiger partial charge is 0.272 e. The highest BCUT2D eigenvalue weighted by Crippen LogP contribution is 2.37. The van der Waals surface area contributed by atoms with Crippen LogP contribution in [0.25, 0.3) is 0 Å². The van der Waals surface area contributed by atoms with Crippen molar-refractivity contribution in [3.63, 3.8) is 0 Å². The Bertz CT molecular complexity index is 1310. The number of anilines is 1. The molecule has 3 fully saturated rings. The van der Waals surface area contributed by atoms with Gasteiger partial charge in [0.2, 0.25) is 10.0 Å². The summed E-state index contributed by atoms with van der Waals surface area (Å²) in [6, 6.07) is 8.70. The SMILES string of the molecule is Cc1c(C(=O)N2CCC(N3CCC(N(C)S(C)(=O)=O)CC3)CC2)ncnc1N1CCCCC1c1cccc(Cl)c1. The minimum absolute atomic E-state index is 0.0237. The molecule has 0 N–H and O–H groups in total. The standard InChI is InChI=1S/C29H41ClN6O3S/c1-21-27(31-20-32-28(21)36-14-5-4-9-26(36)22-7-6-8-23(30)19-22)29(37)35-17-12-25(13-18-35)34-15-10-24(11-16-34)33(2)40(3,38)39/h6-8,19-20,24-26H,4-5,9-18H2,1-3H3. The largest absolute Gasteiger partial charge is 0.349 e. The molecular formula is C29H41ClN6O3S. The normalized spacial score (nSPS) is 22.2. The van der Waals surface area contributed by atoms with Crippen LogP contribution in [0.2, 0.25) is 5.02 Å². The molecule has 1 amide bonds. The first-order valence-electron chi connectivity index (χ1n) is 14.4. The number of hydrogen-bond acceptors (Lipinski definition) is 7. The van der Waals surface area contributed by atoms with Crippen LogP contribution in [0, 0.1) is 6.92 Å². The molecule has 5 rings (SSSR count). The van der Waals surface area contributed by atoms with Crippen LogP contribution >= 0.6 is 11.6 Å².